The molecule has 0 aliphatic rings. The number of fused-ring (bicyclic) bond motifs is 1. The molecule has 5 nitrogen and oxygen atoms in total. The molecule has 1 heterocycles. The zero-order valence-electron chi connectivity index (χ0n) is 12.0. The average molecular weight is 273 g/mol. The van der Waals surface area contributed by atoms with Crippen LogP contribution in [0.1, 0.15) is 42.0 Å². The van der Waals surface area contributed by atoms with Crippen LogP contribution in [0, 0.1) is 6.92 Å². The Bertz CT molecular complexity index is 658. The van der Waals surface area contributed by atoms with Crippen LogP contribution in [0.5, 0.6) is 0 Å². The van der Waals surface area contributed by atoms with Crippen molar-refractivity contribution in [1.29, 1.82) is 0 Å². The molecule has 1 aromatic carbocycles. The lowest BCUT2D eigenvalue weighted by molar-refractivity contribution is -0.116. The number of amides is 1. The van der Waals surface area contributed by atoms with Crippen molar-refractivity contribution in [3.8, 4) is 0 Å². The minimum absolute atomic E-state index is 0.0531. The molecule has 0 saturated heterocycles. The summed E-state index contributed by atoms with van der Waals surface area (Å²) in [5.74, 6) is 0.623. The summed E-state index contributed by atoms with van der Waals surface area (Å²) in [6, 6.07) is 3.57. The van der Waals surface area contributed by atoms with Crippen molar-refractivity contribution in [2.45, 2.75) is 33.6 Å². The predicted octanol–water partition coefficient (Wildman–Crippen LogP) is 2.14. The molecule has 0 aliphatic heterocycles. The number of hydrogen-bond acceptors (Lipinski definition) is 3. The maximum Gasteiger partial charge on any atom is 0.251 e. The second-order valence-corrected chi connectivity index (χ2v) is 5.01. The van der Waals surface area contributed by atoms with Crippen LogP contribution in [0.25, 0.3) is 11.0 Å². The minimum Gasteiger partial charge on any atom is -0.345 e. The highest BCUT2D eigenvalue weighted by Crippen LogP contribution is 2.19. The molecule has 0 aliphatic carbocycles. The van der Waals surface area contributed by atoms with E-state index in [0.29, 0.717) is 5.56 Å². The summed E-state index contributed by atoms with van der Waals surface area (Å²) >= 11 is 0. The first-order valence-corrected chi connectivity index (χ1v) is 6.78. The van der Waals surface area contributed by atoms with E-state index in [1.165, 1.54) is 6.92 Å². The molecule has 20 heavy (non-hydrogen) atoms. The Morgan fingerprint density at radius 3 is 2.75 bits per heavy atom. The lowest BCUT2D eigenvalue weighted by Gasteiger charge is -2.04. The fourth-order valence-corrected chi connectivity index (χ4v) is 2.13. The summed E-state index contributed by atoms with van der Waals surface area (Å²) in [5, 5.41) is 2.60. The van der Waals surface area contributed by atoms with E-state index in [1.807, 2.05) is 13.0 Å². The number of benzene rings is 1. The van der Waals surface area contributed by atoms with Gasteiger partial charge in [-0.25, -0.2) is 4.98 Å². The number of aromatic amines is 1. The molecule has 5 heteroatoms. The van der Waals surface area contributed by atoms with Gasteiger partial charge in [0.05, 0.1) is 17.6 Å². The topological polar surface area (TPSA) is 74.8 Å². The Morgan fingerprint density at radius 1 is 1.35 bits per heavy atom. The van der Waals surface area contributed by atoms with Crippen molar-refractivity contribution >= 4 is 22.7 Å². The molecule has 1 aromatic heterocycles. The summed E-state index contributed by atoms with van der Waals surface area (Å²) < 4.78 is 0. The summed E-state index contributed by atoms with van der Waals surface area (Å²) in [6.45, 7) is 5.54. The monoisotopic (exact) mass is 273 g/mol. The first kappa shape index (κ1) is 14.2. The molecule has 2 aromatic rings. The lowest BCUT2D eigenvalue weighted by atomic mass is 10.1. The van der Waals surface area contributed by atoms with E-state index >= 15 is 0 Å². The van der Waals surface area contributed by atoms with E-state index in [2.05, 4.69) is 22.2 Å². The quantitative estimate of drug-likeness (QED) is 0.876. The van der Waals surface area contributed by atoms with Crippen LogP contribution in [0.4, 0.5) is 0 Å². The van der Waals surface area contributed by atoms with E-state index in [-0.39, 0.29) is 18.2 Å². The van der Waals surface area contributed by atoms with Crippen molar-refractivity contribution < 1.29 is 9.59 Å². The van der Waals surface area contributed by atoms with Gasteiger partial charge in [0.2, 0.25) is 0 Å². The van der Waals surface area contributed by atoms with Crippen molar-refractivity contribution in [3.63, 3.8) is 0 Å². The van der Waals surface area contributed by atoms with Crippen LogP contribution >= 0.6 is 0 Å². The van der Waals surface area contributed by atoms with Crippen molar-refractivity contribution in [2.75, 3.05) is 6.54 Å². The van der Waals surface area contributed by atoms with Gasteiger partial charge < -0.3 is 10.3 Å². The molecule has 0 fully saturated rings. The van der Waals surface area contributed by atoms with Crippen LogP contribution in [-0.4, -0.2) is 28.2 Å². The van der Waals surface area contributed by atoms with E-state index in [9.17, 15) is 9.59 Å². The molecule has 106 valence electrons. The normalized spacial score (nSPS) is 10.8. The van der Waals surface area contributed by atoms with Crippen LogP contribution in [0.2, 0.25) is 0 Å². The number of H-pyrrole nitrogens is 1. The number of nitrogens with zero attached hydrogens (tertiary/aromatic N) is 1. The summed E-state index contributed by atoms with van der Waals surface area (Å²) in [7, 11) is 0. The van der Waals surface area contributed by atoms with E-state index in [1.54, 1.807) is 6.07 Å². The SMILES string of the molecule is CCCc1nc2cc(C(=O)NCC(C)=O)cc(C)c2[nH]1. The molecule has 2 N–H and O–H groups in total. The predicted molar refractivity (Wildman–Crippen MR) is 77.8 cm³/mol. The maximum atomic E-state index is 12.0. The van der Waals surface area contributed by atoms with Gasteiger partial charge in [0, 0.05) is 12.0 Å². The minimum atomic E-state index is -0.245. The van der Waals surface area contributed by atoms with Crippen LogP contribution in [0.15, 0.2) is 12.1 Å². The molecule has 0 bridgehead atoms. The summed E-state index contributed by atoms with van der Waals surface area (Å²) in [4.78, 5) is 30.7. The van der Waals surface area contributed by atoms with Gasteiger partial charge in [0.15, 0.2) is 0 Å². The number of hydrogen-bond donors (Lipinski definition) is 2. The van der Waals surface area contributed by atoms with Gasteiger partial charge in [-0.05, 0) is 38.0 Å². The van der Waals surface area contributed by atoms with E-state index < -0.39 is 0 Å². The molecular weight excluding hydrogens is 254 g/mol. The molecule has 0 spiro atoms. The van der Waals surface area contributed by atoms with Gasteiger partial charge in [-0.15, -0.1) is 0 Å². The third-order valence-electron chi connectivity index (χ3n) is 3.09. The van der Waals surface area contributed by atoms with Gasteiger partial charge in [-0.1, -0.05) is 6.92 Å². The molecule has 0 radical (unpaired) electrons. The van der Waals surface area contributed by atoms with Crippen molar-refractivity contribution in [1.82, 2.24) is 15.3 Å². The standard InChI is InChI=1S/C15H19N3O2/c1-4-5-13-17-12-7-11(6-9(2)14(12)18-13)15(20)16-8-10(3)19/h6-7H,4-5,8H2,1-3H3,(H,16,20)(H,17,18). The first-order valence-electron chi connectivity index (χ1n) is 6.78. The summed E-state index contributed by atoms with van der Waals surface area (Å²) in [5.41, 5.74) is 3.27. The van der Waals surface area contributed by atoms with Gasteiger partial charge >= 0.3 is 0 Å². The second kappa shape index (κ2) is 5.86. The van der Waals surface area contributed by atoms with Gasteiger partial charge in [0.1, 0.15) is 11.6 Å². The molecule has 0 atom stereocenters. The lowest BCUT2D eigenvalue weighted by Crippen LogP contribution is -2.28. The summed E-state index contributed by atoms with van der Waals surface area (Å²) in [6.07, 6.45) is 1.91. The number of rotatable bonds is 5. The first-order chi connectivity index (χ1) is 9.51. The van der Waals surface area contributed by atoms with Crippen LogP contribution < -0.4 is 5.32 Å². The third kappa shape index (κ3) is 3.04. The number of aromatic nitrogens is 2. The maximum absolute atomic E-state index is 12.0. The molecule has 2 rings (SSSR count). The number of Topliss-reactive ketones (excluding diaryl/α,β-unsaturated/α-hetero) is 1. The number of carbonyl (C=O) groups is 2. The zero-order chi connectivity index (χ0) is 14.7. The molecular formula is C15H19N3O2. The third-order valence-corrected chi connectivity index (χ3v) is 3.09. The largest absolute Gasteiger partial charge is 0.345 e. The zero-order valence-corrected chi connectivity index (χ0v) is 12.0. The fraction of sp³-hybridized carbons (Fsp3) is 0.400. The number of aryl methyl sites for hydroxylation is 2. The van der Waals surface area contributed by atoms with Crippen molar-refractivity contribution in [3.05, 3.63) is 29.1 Å². The fourth-order valence-electron chi connectivity index (χ4n) is 2.13. The Morgan fingerprint density at radius 2 is 2.10 bits per heavy atom. The number of imidazole rings is 1. The Kier molecular flexibility index (Phi) is 4.17. The van der Waals surface area contributed by atoms with Crippen LogP contribution in [-0.2, 0) is 11.2 Å². The molecule has 0 unspecified atom stereocenters. The molecule has 0 saturated carbocycles. The van der Waals surface area contributed by atoms with Gasteiger partial charge in [-0.3, -0.25) is 9.59 Å². The smallest absolute Gasteiger partial charge is 0.251 e. The van der Waals surface area contributed by atoms with E-state index in [4.69, 9.17) is 0 Å². The van der Waals surface area contributed by atoms with E-state index in [0.717, 1.165) is 35.3 Å². The average Bonchev–Trinajstić information content (AvgIpc) is 2.79. The Balaban J connectivity index is 2.31. The highest BCUT2D eigenvalue weighted by Gasteiger charge is 2.11. The number of carbonyl (C=O) groups excluding carboxylic acids is 2. The number of ketones is 1. The van der Waals surface area contributed by atoms with Gasteiger partial charge in [-0.2, -0.15) is 0 Å². The van der Waals surface area contributed by atoms with Gasteiger partial charge in [0.25, 0.3) is 5.91 Å². The highest BCUT2D eigenvalue weighted by molar-refractivity contribution is 5.99. The second-order valence-electron chi connectivity index (χ2n) is 5.01. The van der Waals surface area contributed by atoms with Crippen molar-refractivity contribution in [2.24, 2.45) is 0 Å². The Labute approximate surface area is 117 Å². The highest BCUT2D eigenvalue weighted by atomic mass is 16.2. The number of nitrogens with one attached hydrogen (secondary N) is 2. The Hall–Kier alpha value is -2.17. The molecule has 1 amide bonds. The van der Waals surface area contributed by atoms with Crippen LogP contribution in [0.3, 0.4) is 0 Å².